The van der Waals surface area contributed by atoms with Crippen molar-refractivity contribution in [1.29, 1.82) is 0 Å². The predicted octanol–water partition coefficient (Wildman–Crippen LogP) is 1.86. The zero-order valence-electron chi connectivity index (χ0n) is 9.24. The van der Waals surface area contributed by atoms with Crippen LogP contribution in [-0.2, 0) is 6.54 Å². The van der Waals surface area contributed by atoms with E-state index in [2.05, 4.69) is 36.5 Å². The third-order valence-corrected chi connectivity index (χ3v) is 3.09. The van der Waals surface area contributed by atoms with Gasteiger partial charge in [-0.15, -0.1) is 0 Å². The second-order valence-corrected chi connectivity index (χ2v) is 4.61. The van der Waals surface area contributed by atoms with E-state index < -0.39 is 0 Å². The smallest absolute Gasteiger partial charge is 0.0546 e. The Hall–Kier alpha value is -0.860. The first-order valence-electron chi connectivity index (χ1n) is 5.68. The van der Waals surface area contributed by atoms with E-state index in [9.17, 15) is 0 Å². The van der Waals surface area contributed by atoms with Gasteiger partial charge in [0.1, 0.15) is 0 Å². The van der Waals surface area contributed by atoms with Gasteiger partial charge in [-0.1, -0.05) is 29.8 Å². The van der Waals surface area contributed by atoms with Gasteiger partial charge in [-0.05, 0) is 37.8 Å². The molecule has 0 spiro atoms. The van der Waals surface area contributed by atoms with E-state index in [0.717, 1.165) is 25.9 Å². The van der Waals surface area contributed by atoms with Gasteiger partial charge in [0.15, 0.2) is 0 Å². The van der Waals surface area contributed by atoms with Crippen LogP contribution in [0, 0.1) is 12.8 Å². The Bertz CT molecular complexity index is 301. The number of rotatable bonds is 4. The van der Waals surface area contributed by atoms with Gasteiger partial charge >= 0.3 is 0 Å². The third-order valence-electron chi connectivity index (χ3n) is 3.09. The Morgan fingerprint density at radius 2 is 1.93 bits per heavy atom. The summed E-state index contributed by atoms with van der Waals surface area (Å²) in [5.41, 5.74) is 2.64. The molecule has 1 aliphatic carbocycles. The lowest BCUT2D eigenvalue weighted by Gasteiger charge is -2.31. The molecule has 1 aliphatic rings. The minimum atomic E-state index is -0.0313. The van der Waals surface area contributed by atoms with Crippen LogP contribution in [0.4, 0.5) is 0 Å². The molecule has 82 valence electrons. The molecule has 2 heteroatoms. The molecule has 15 heavy (non-hydrogen) atoms. The molecule has 1 aromatic carbocycles. The average molecular weight is 205 g/mol. The zero-order chi connectivity index (χ0) is 10.7. The maximum atomic E-state index is 9.14. The second-order valence-electron chi connectivity index (χ2n) is 4.61. The van der Waals surface area contributed by atoms with Gasteiger partial charge in [0.25, 0.3) is 0 Å². The summed E-state index contributed by atoms with van der Waals surface area (Å²) in [5, 5.41) is 12.6. The van der Waals surface area contributed by atoms with Gasteiger partial charge < -0.3 is 10.4 Å². The van der Waals surface area contributed by atoms with Gasteiger partial charge in [0, 0.05) is 6.54 Å². The molecule has 0 atom stereocenters. The highest BCUT2D eigenvalue weighted by molar-refractivity contribution is 5.21. The summed E-state index contributed by atoms with van der Waals surface area (Å²) in [4.78, 5) is 0. The van der Waals surface area contributed by atoms with Gasteiger partial charge in [-0.25, -0.2) is 0 Å². The fourth-order valence-electron chi connectivity index (χ4n) is 1.99. The number of aliphatic hydroxyl groups is 1. The van der Waals surface area contributed by atoms with Crippen LogP contribution in [0.1, 0.15) is 24.0 Å². The fraction of sp³-hybridized carbons (Fsp3) is 0.538. The predicted molar refractivity (Wildman–Crippen MR) is 61.6 cm³/mol. The summed E-state index contributed by atoms with van der Waals surface area (Å²) in [6, 6.07) is 8.62. The number of hydrogen-bond acceptors (Lipinski definition) is 2. The van der Waals surface area contributed by atoms with Crippen molar-refractivity contribution in [2.75, 3.05) is 6.54 Å². The van der Waals surface area contributed by atoms with Crippen LogP contribution in [0.25, 0.3) is 0 Å². The molecule has 0 aliphatic heterocycles. The minimum Gasteiger partial charge on any atom is -0.393 e. The topological polar surface area (TPSA) is 32.3 Å². The number of aryl methyl sites for hydroxylation is 1. The van der Waals surface area contributed by atoms with Crippen LogP contribution < -0.4 is 5.32 Å². The largest absolute Gasteiger partial charge is 0.393 e. The first kappa shape index (κ1) is 10.7. The molecule has 1 fully saturated rings. The van der Waals surface area contributed by atoms with E-state index in [0.29, 0.717) is 5.92 Å². The summed E-state index contributed by atoms with van der Waals surface area (Å²) in [7, 11) is 0. The van der Waals surface area contributed by atoms with Gasteiger partial charge in [-0.3, -0.25) is 0 Å². The zero-order valence-corrected chi connectivity index (χ0v) is 9.24. The molecule has 0 unspecified atom stereocenters. The number of hydrogen-bond donors (Lipinski definition) is 2. The minimum absolute atomic E-state index is 0.0313. The molecule has 0 radical (unpaired) electrons. The maximum absolute atomic E-state index is 9.14. The Balaban J connectivity index is 1.67. The van der Waals surface area contributed by atoms with E-state index in [4.69, 9.17) is 5.11 Å². The SMILES string of the molecule is Cc1ccc(CNCC2CC(O)C2)cc1. The molecule has 1 saturated carbocycles. The Kier molecular flexibility index (Phi) is 3.39. The molecule has 0 saturated heterocycles. The second kappa shape index (κ2) is 4.77. The van der Waals surface area contributed by atoms with Crippen molar-refractivity contribution in [3.05, 3.63) is 35.4 Å². The standard InChI is InChI=1S/C13H19NO/c1-10-2-4-11(5-3-10)8-14-9-12-6-13(15)7-12/h2-5,12-15H,6-9H2,1H3. The maximum Gasteiger partial charge on any atom is 0.0546 e. The van der Waals surface area contributed by atoms with Crippen LogP contribution in [0.5, 0.6) is 0 Å². The molecular formula is C13H19NO. The molecule has 2 rings (SSSR count). The van der Waals surface area contributed by atoms with Crippen molar-refractivity contribution in [3.63, 3.8) is 0 Å². The van der Waals surface area contributed by atoms with Crippen molar-refractivity contribution in [2.45, 2.75) is 32.4 Å². The highest BCUT2D eigenvalue weighted by atomic mass is 16.3. The van der Waals surface area contributed by atoms with Gasteiger partial charge in [-0.2, -0.15) is 0 Å². The van der Waals surface area contributed by atoms with Crippen LogP contribution in [0.15, 0.2) is 24.3 Å². The van der Waals surface area contributed by atoms with Crippen molar-refractivity contribution in [3.8, 4) is 0 Å². The summed E-state index contributed by atoms with van der Waals surface area (Å²) >= 11 is 0. The van der Waals surface area contributed by atoms with E-state index in [1.165, 1.54) is 11.1 Å². The van der Waals surface area contributed by atoms with Crippen LogP contribution in [0.3, 0.4) is 0 Å². The van der Waals surface area contributed by atoms with Gasteiger partial charge in [0.2, 0.25) is 0 Å². The molecule has 1 aromatic rings. The highest BCUT2D eigenvalue weighted by Gasteiger charge is 2.26. The van der Waals surface area contributed by atoms with Crippen molar-refractivity contribution in [1.82, 2.24) is 5.32 Å². The van der Waals surface area contributed by atoms with Crippen molar-refractivity contribution in [2.24, 2.45) is 5.92 Å². The number of benzene rings is 1. The molecule has 2 nitrogen and oxygen atoms in total. The Morgan fingerprint density at radius 1 is 1.27 bits per heavy atom. The molecular weight excluding hydrogens is 186 g/mol. The molecule has 0 heterocycles. The average Bonchev–Trinajstić information content (AvgIpc) is 2.18. The number of aliphatic hydroxyl groups excluding tert-OH is 1. The van der Waals surface area contributed by atoms with Crippen LogP contribution >= 0.6 is 0 Å². The van der Waals surface area contributed by atoms with E-state index in [1.807, 2.05) is 0 Å². The van der Waals surface area contributed by atoms with Crippen LogP contribution in [-0.4, -0.2) is 17.8 Å². The summed E-state index contributed by atoms with van der Waals surface area (Å²) in [6.45, 7) is 4.07. The third kappa shape index (κ3) is 3.05. The Labute approximate surface area is 91.3 Å². The fourth-order valence-corrected chi connectivity index (χ4v) is 1.99. The molecule has 0 amide bonds. The highest BCUT2D eigenvalue weighted by Crippen LogP contribution is 2.26. The van der Waals surface area contributed by atoms with Crippen LogP contribution in [0.2, 0.25) is 0 Å². The lowest BCUT2D eigenvalue weighted by molar-refractivity contribution is 0.0430. The number of nitrogens with one attached hydrogen (secondary N) is 1. The quantitative estimate of drug-likeness (QED) is 0.786. The van der Waals surface area contributed by atoms with Crippen molar-refractivity contribution >= 4 is 0 Å². The van der Waals surface area contributed by atoms with E-state index in [1.54, 1.807) is 0 Å². The van der Waals surface area contributed by atoms with Gasteiger partial charge in [0.05, 0.1) is 6.10 Å². The summed E-state index contributed by atoms with van der Waals surface area (Å²) < 4.78 is 0. The summed E-state index contributed by atoms with van der Waals surface area (Å²) in [5.74, 6) is 0.686. The first-order valence-corrected chi connectivity index (χ1v) is 5.68. The lowest BCUT2D eigenvalue weighted by Crippen LogP contribution is -2.35. The normalized spacial score (nSPS) is 24.9. The van der Waals surface area contributed by atoms with E-state index >= 15 is 0 Å². The molecule has 2 N–H and O–H groups in total. The van der Waals surface area contributed by atoms with Crippen molar-refractivity contribution < 1.29 is 5.11 Å². The first-order chi connectivity index (χ1) is 7.24. The lowest BCUT2D eigenvalue weighted by atomic mass is 9.82. The Morgan fingerprint density at radius 3 is 2.53 bits per heavy atom. The monoisotopic (exact) mass is 205 g/mol. The molecule has 0 aromatic heterocycles. The summed E-state index contributed by atoms with van der Waals surface area (Å²) in [6.07, 6.45) is 1.91. The molecule has 0 bridgehead atoms. The van der Waals surface area contributed by atoms with E-state index in [-0.39, 0.29) is 6.10 Å².